The number of benzene rings is 3. The van der Waals surface area contributed by atoms with Crippen molar-refractivity contribution >= 4 is 29.5 Å². The Labute approximate surface area is 258 Å². The minimum absolute atomic E-state index is 0.128. The fourth-order valence-corrected chi connectivity index (χ4v) is 9.15. The molecule has 0 radical (unpaired) electrons. The predicted octanol–water partition coefficient (Wildman–Crippen LogP) is 8.68. The summed E-state index contributed by atoms with van der Waals surface area (Å²) in [5, 5.41) is 1.55. The Morgan fingerprint density at radius 2 is 1.33 bits per heavy atom. The van der Waals surface area contributed by atoms with Crippen molar-refractivity contribution in [1.82, 2.24) is 0 Å². The van der Waals surface area contributed by atoms with Gasteiger partial charge >= 0.3 is 5.97 Å². The number of hydrogen-bond donors (Lipinski definition) is 0. The van der Waals surface area contributed by atoms with Crippen LogP contribution in [-0.4, -0.2) is 31.1 Å². The van der Waals surface area contributed by atoms with Gasteiger partial charge in [-0.25, -0.2) is 4.79 Å². The molecule has 232 valence electrons. The molecule has 1 unspecified atom stereocenters. The van der Waals surface area contributed by atoms with Crippen LogP contribution in [0.4, 0.5) is 0 Å². The normalized spacial score (nSPS) is 12.1. The average molecular weight is 605 g/mol. The van der Waals surface area contributed by atoms with Gasteiger partial charge in [-0.1, -0.05) is 125 Å². The molecule has 0 aliphatic carbocycles. The molecular formula is C37H49O5P. The fraction of sp³-hybridized carbons (Fsp3) is 0.459. The number of esters is 1. The molecule has 0 saturated heterocycles. The van der Waals surface area contributed by atoms with Gasteiger partial charge in [-0.3, -0.25) is 4.79 Å². The zero-order valence-corrected chi connectivity index (χ0v) is 27.2. The molecule has 43 heavy (non-hydrogen) atoms. The third-order valence-electron chi connectivity index (χ3n) is 8.10. The van der Waals surface area contributed by atoms with Crippen molar-refractivity contribution in [1.29, 1.82) is 0 Å². The number of ketones is 1. The summed E-state index contributed by atoms with van der Waals surface area (Å²) < 4.78 is 25.7. The smallest absolute Gasteiger partial charge is 0.342 e. The topological polar surface area (TPSA) is 69.7 Å². The van der Waals surface area contributed by atoms with E-state index in [9.17, 15) is 9.59 Å². The van der Waals surface area contributed by atoms with Gasteiger partial charge in [0.15, 0.2) is 7.14 Å². The number of rotatable bonds is 20. The van der Waals surface area contributed by atoms with E-state index in [2.05, 4.69) is 6.92 Å². The third kappa shape index (κ3) is 9.66. The van der Waals surface area contributed by atoms with Gasteiger partial charge in [-0.2, -0.15) is 0 Å². The second kappa shape index (κ2) is 18.5. The van der Waals surface area contributed by atoms with Crippen molar-refractivity contribution in [3.63, 3.8) is 0 Å². The lowest BCUT2D eigenvalue weighted by atomic mass is 9.99. The van der Waals surface area contributed by atoms with E-state index in [0.29, 0.717) is 30.8 Å². The van der Waals surface area contributed by atoms with E-state index in [1.807, 2.05) is 72.8 Å². The second-order valence-electron chi connectivity index (χ2n) is 11.1. The number of carbonyl (C=O) groups is 2. The Morgan fingerprint density at radius 1 is 0.721 bits per heavy atom. The van der Waals surface area contributed by atoms with Gasteiger partial charge in [0.1, 0.15) is 17.1 Å². The highest BCUT2D eigenvalue weighted by Crippen LogP contribution is 2.51. The van der Waals surface area contributed by atoms with E-state index in [-0.39, 0.29) is 11.8 Å². The summed E-state index contributed by atoms with van der Waals surface area (Å²) in [6, 6.07) is 24.9. The highest BCUT2D eigenvalue weighted by atomic mass is 31.2. The molecule has 3 aromatic rings. The molecular weight excluding hydrogens is 555 g/mol. The molecule has 0 N–H and O–H groups in total. The summed E-state index contributed by atoms with van der Waals surface area (Å²) in [5.74, 6) is 0.325. The number of unbranched alkanes of at least 4 members (excludes halogenated alkanes) is 7. The monoisotopic (exact) mass is 604 g/mol. The van der Waals surface area contributed by atoms with Gasteiger partial charge in [0.2, 0.25) is 0 Å². The molecule has 5 nitrogen and oxygen atoms in total. The van der Waals surface area contributed by atoms with Crippen LogP contribution in [0.15, 0.2) is 78.9 Å². The van der Waals surface area contributed by atoms with Crippen molar-refractivity contribution < 1.29 is 23.6 Å². The van der Waals surface area contributed by atoms with Crippen LogP contribution in [0.2, 0.25) is 0 Å². The summed E-state index contributed by atoms with van der Waals surface area (Å²) in [4.78, 5) is 26.4. The minimum atomic E-state index is -3.16. The molecule has 6 heteroatoms. The van der Waals surface area contributed by atoms with E-state index < -0.39 is 12.8 Å². The molecule has 0 fully saturated rings. The highest BCUT2D eigenvalue weighted by molar-refractivity contribution is 7.80. The van der Waals surface area contributed by atoms with Gasteiger partial charge in [-0.15, -0.1) is 0 Å². The highest BCUT2D eigenvalue weighted by Gasteiger charge is 2.40. The largest absolute Gasteiger partial charge is 0.496 e. The Hall–Kier alpha value is -3.17. The number of Topliss-reactive ketones (excluding diaryl/α,β-unsaturated/α-hetero) is 1. The lowest BCUT2D eigenvalue weighted by Gasteiger charge is -2.28. The standard InChI is InChI=1S/C37H49O5P/c1-4-6-7-19-29-35(43(40,31-23-14-11-15-24-31)32-25-16-12-17-26-32)33(38)27-18-10-8-9-13-21-30-22-20-28-34(41-3)36(30)37(39)42-5-2/h11-12,14-17,20,22-26,28,35H,4-10,13,18-19,21,27,29H2,1-3H3. The summed E-state index contributed by atoms with van der Waals surface area (Å²) >= 11 is 0. The molecule has 0 aromatic heterocycles. The number of aryl methyl sites for hydroxylation is 1. The summed E-state index contributed by atoms with van der Waals surface area (Å²) in [6.45, 7) is 4.30. The Balaban J connectivity index is 1.61. The lowest BCUT2D eigenvalue weighted by Crippen LogP contribution is -2.32. The first-order valence-electron chi connectivity index (χ1n) is 16.0. The fourth-order valence-electron chi connectivity index (χ4n) is 5.82. The maximum absolute atomic E-state index is 15.0. The van der Waals surface area contributed by atoms with Gasteiger partial charge in [0.05, 0.1) is 19.4 Å². The maximum Gasteiger partial charge on any atom is 0.342 e. The van der Waals surface area contributed by atoms with E-state index >= 15 is 4.57 Å². The van der Waals surface area contributed by atoms with Crippen LogP contribution in [-0.2, 0) is 20.5 Å². The van der Waals surface area contributed by atoms with Crippen LogP contribution in [0.3, 0.4) is 0 Å². The minimum Gasteiger partial charge on any atom is -0.496 e. The van der Waals surface area contributed by atoms with Gasteiger partial charge < -0.3 is 14.0 Å². The van der Waals surface area contributed by atoms with Crippen molar-refractivity contribution in [2.45, 2.75) is 96.6 Å². The van der Waals surface area contributed by atoms with Crippen LogP contribution in [0.25, 0.3) is 0 Å². The van der Waals surface area contributed by atoms with Crippen molar-refractivity contribution in [3.8, 4) is 5.75 Å². The molecule has 0 aliphatic heterocycles. The first-order valence-corrected chi connectivity index (χ1v) is 17.8. The summed E-state index contributed by atoms with van der Waals surface area (Å²) in [7, 11) is -1.59. The number of hydrogen-bond acceptors (Lipinski definition) is 5. The molecule has 0 heterocycles. The molecule has 0 saturated carbocycles. The van der Waals surface area contributed by atoms with Crippen molar-refractivity contribution in [2.75, 3.05) is 13.7 Å². The van der Waals surface area contributed by atoms with Gasteiger partial charge in [0.25, 0.3) is 0 Å². The molecule has 0 bridgehead atoms. The molecule has 0 amide bonds. The van der Waals surface area contributed by atoms with E-state index in [1.54, 1.807) is 20.1 Å². The lowest BCUT2D eigenvalue weighted by molar-refractivity contribution is -0.119. The number of methoxy groups -OCH3 is 1. The Kier molecular flexibility index (Phi) is 14.8. The Bertz CT molecular complexity index is 1260. The maximum atomic E-state index is 15.0. The summed E-state index contributed by atoms with van der Waals surface area (Å²) in [6.07, 6.45) is 10.7. The molecule has 1 atom stereocenters. The third-order valence-corrected chi connectivity index (χ3v) is 11.7. The predicted molar refractivity (Wildman–Crippen MR) is 178 cm³/mol. The number of ether oxygens (including phenoxy) is 2. The zero-order valence-electron chi connectivity index (χ0n) is 26.3. The first-order chi connectivity index (χ1) is 21.0. The van der Waals surface area contributed by atoms with Crippen LogP contribution in [0, 0.1) is 0 Å². The van der Waals surface area contributed by atoms with E-state index in [4.69, 9.17) is 9.47 Å². The molecule has 0 spiro atoms. The van der Waals surface area contributed by atoms with Gasteiger partial charge in [-0.05, 0) is 44.2 Å². The van der Waals surface area contributed by atoms with E-state index in [1.165, 1.54) is 0 Å². The first kappa shape index (κ1) is 34.3. The average Bonchev–Trinajstić information content (AvgIpc) is 3.04. The second-order valence-corrected chi connectivity index (χ2v) is 14.1. The Morgan fingerprint density at radius 3 is 1.93 bits per heavy atom. The van der Waals surface area contributed by atoms with Crippen LogP contribution < -0.4 is 15.3 Å². The quantitative estimate of drug-likeness (QED) is 0.0733. The van der Waals surface area contributed by atoms with Crippen LogP contribution in [0.1, 0.15) is 100 Å². The van der Waals surface area contributed by atoms with Crippen molar-refractivity contribution in [2.24, 2.45) is 0 Å². The van der Waals surface area contributed by atoms with Gasteiger partial charge in [0, 0.05) is 17.0 Å². The van der Waals surface area contributed by atoms with Crippen LogP contribution in [0.5, 0.6) is 5.75 Å². The SMILES string of the molecule is CCCCCCC(C(=O)CCCCCCCc1cccc(OC)c1C(=O)OCC)P(=O)(c1ccccc1)c1ccccc1. The molecule has 3 rings (SSSR count). The van der Waals surface area contributed by atoms with Crippen LogP contribution >= 0.6 is 7.14 Å². The molecule has 0 aliphatic rings. The van der Waals surface area contributed by atoms with E-state index in [0.717, 1.165) is 80.4 Å². The zero-order chi connectivity index (χ0) is 30.9. The molecule has 3 aromatic carbocycles. The summed E-state index contributed by atoms with van der Waals surface area (Å²) in [5.41, 5.74) is 0.962. The van der Waals surface area contributed by atoms with Crippen molar-refractivity contribution in [3.05, 3.63) is 90.0 Å². The number of carbonyl (C=O) groups excluding carboxylic acids is 2.